The fourth-order valence-electron chi connectivity index (χ4n) is 4.05. The van der Waals surface area contributed by atoms with E-state index in [1.54, 1.807) is 18.2 Å². The van der Waals surface area contributed by atoms with Gasteiger partial charge in [0.2, 0.25) is 0 Å². The molecule has 0 saturated heterocycles. The van der Waals surface area contributed by atoms with Gasteiger partial charge in [-0.2, -0.15) is 15.2 Å². The van der Waals surface area contributed by atoms with Crippen LogP contribution in [0.3, 0.4) is 0 Å². The summed E-state index contributed by atoms with van der Waals surface area (Å²) in [7, 11) is 1.25. The molecule has 1 aliphatic heterocycles. The van der Waals surface area contributed by atoms with Gasteiger partial charge < -0.3 is 9.15 Å². The number of rotatable bonds is 5. The Hall–Kier alpha value is -4.98. The molecule has 0 fully saturated rings. The van der Waals surface area contributed by atoms with E-state index in [9.17, 15) is 9.59 Å². The molecule has 0 spiro atoms. The highest BCUT2D eigenvalue weighted by Crippen LogP contribution is 2.26. The Balaban J connectivity index is 1.66. The molecule has 0 saturated carbocycles. The molecule has 1 aromatic heterocycles. The van der Waals surface area contributed by atoms with Gasteiger partial charge in [-0.15, -0.1) is 0 Å². The fourth-order valence-corrected chi connectivity index (χ4v) is 4.05. The van der Waals surface area contributed by atoms with Crippen LogP contribution in [0, 0.1) is 20.8 Å². The smallest absolute Gasteiger partial charge is 0.359 e. The number of fused-ring (bicyclic) bond motifs is 1. The number of carbonyl (C=O) groups excluding carboxylic acids is 2. The molecule has 8 heteroatoms. The van der Waals surface area contributed by atoms with E-state index in [2.05, 4.69) is 15.6 Å². The van der Waals surface area contributed by atoms with Crippen molar-refractivity contribution in [3.63, 3.8) is 0 Å². The molecule has 3 aromatic carbocycles. The molecule has 8 nitrogen and oxygen atoms in total. The van der Waals surface area contributed by atoms with Crippen LogP contribution in [-0.4, -0.2) is 24.7 Å². The Labute approximate surface area is 219 Å². The van der Waals surface area contributed by atoms with E-state index in [1.165, 1.54) is 18.4 Å². The van der Waals surface area contributed by atoms with Gasteiger partial charge in [0.25, 0.3) is 5.91 Å². The van der Waals surface area contributed by atoms with Crippen molar-refractivity contribution < 1.29 is 18.7 Å². The summed E-state index contributed by atoms with van der Waals surface area (Å²) in [6, 6.07) is 20.9. The van der Waals surface area contributed by atoms with Crippen LogP contribution in [0.25, 0.3) is 17.0 Å². The van der Waals surface area contributed by atoms with E-state index in [0.29, 0.717) is 22.2 Å². The van der Waals surface area contributed by atoms with Gasteiger partial charge in [0.05, 0.1) is 24.1 Å². The molecule has 5 rings (SSSR count). The third kappa shape index (κ3) is 4.84. The highest BCUT2D eigenvalue weighted by molar-refractivity contribution is 6.54. The number of aryl methyl sites for hydroxylation is 3. The number of hydrogen-bond donors (Lipinski definition) is 1. The largest absolute Gasteiger partial charge is 0.464 e. The van der Waals surface area contributed by atoms with Gasteiger partial charge in [-0.3, -0.25) is 10.2 Å². The van der Waals surface area contributed by atoms with Crippen LogP contribution in [0.1, 0.15) is 22.3 Å². The first-order chi connectivity index (χ1) is 18.3. The van der Waals surface area contributed by atoms with E-state index in [4.69, 9.17) is 9.15 Å². The average Bonchev–Trinajstić information content (AvgIpc) is 3.24. The molecule has 190 valence electrons. The minimum Gasteiger partial charge on any atom is -0.464 e. The number of carbonyl (C=O) groups is 2. The molecule has 1 amide bonds. The summed E-state index contributed by atoms with van der Waals surface area (Å²) < 4.78 is 10.8. The second-order valence-electron chi connectivity index (χ2n) is 9.08. The first kappa shape index (κ1) is 24.7. The SMILES string of the molecule is COC(=O)C1=NN(c2ccc(C)cc2)C(=O)/C1=C\c1coc2ccc(C)cc2/c1=N\Nc1ccc(C)cc1. The Morgan fingerprint density at radius 2 is 1.63 bits per heavy atom. The van der Waals surface area contributed by atoms with Gasteiger partial charge >= 0.3 is 5.97 Å². The predicted molar refractivity (Wildman–Crippen MR) is 147 cm³/mol. The maximum absolute atomic E-state index is 13.5. The molecular weight excluding hydrogens is 480 g/mol. The van der Waals surface area contributed by atoms with Crippen LogP contribution < -0.4 is 15.8 Å². The second-order valence-corrected chi connectivity index (χ2v) is 9.08. The monoisotopic (exact) mass is 506 g/mol. The summed E-state index contributed by atoms with van der Waals surface area (Å²) >= 11 is 0. The van der Waals surface area contributed by atoms with Crippen LogP contribution in [0.2, 0.25) is 0 Å². The average molecular weight is 507 g/mol. The van der Waals surface area contributed by atoms with Gasteiger partial charge in [0.1, 0.15) is 17.2 Å². The second kappa shape index (κ2) is 10.2. The number of amides is 1. The zero-order valence-electron chi connectivity index (χ0n) is 21.5. The van der Waals surface area contributed by atoms with Crippen molar-refractivity contribution >= 4 is 46.0 Å². The molecule has 0 radical (unpaired) electrons. The van der Waals surface area contributed by atoms with Gasteiger partial charge in [0, 0.05) is 10.9 Å². The number of esters is 1. The highest BCUT2D eigenvalue weighted by Gasteiger charge is 2.36. The Morgan fingerprint density at radius 3 is 2.32 bits per heavy atom. The lowest BCUT2D eigenvalue weighted by atomic mass is 10.0. The zero-order valence-corrected chi connectivity index (χ0v) is 21.5. The summed E-state index contributed by atoms with van der Waals surface area (Å²) in [5.41, 5.74) is 8.72. The van der Waals surface area contributed by atoms with Gasteiger partial charge in [0.15, 0.2) is 5.71 Å². The topological polar surface area (TPSA) is 96.5 Å². The van der Waals surface area contributed by atoms with Crippen molar-refractivity contribution in [3.8, 4) is 0 Å². The quantitative estimate of drug-likeness (QED) is 0.227. The number of nitrogens with zero attached hydrogens (tertiary/aromatic N) is 3. The minimum atomic E-state index is -0.718. The summed E-state index contributed by atoms with van der Waals surface area (Å²) in [5.74, 6) is -1.18. The van der Waals surface area contributed by atoms with Crippen molar-refractivity contribution in [3.05, 3.63) is 106 Å². The van der Waals surface area contributed by atoms with Gasteiger partial charge in [-0.1, -0.05) is 47.0 Å². The molecule has 0 atom stereocenters. The van der Waals surface area contributed by atoms with Crippen LogP contribution in [-0.2, 0) is 14.3 Å². The fraction of sp³-hybridized carbons (Fsp3) is 0.133. The van der Waals surface area contributed by atoms with Crippen LogP contribution >= 0.6 is 0 Å². The maximum atomic E-state index is 13.5. The standard InChI is InChI=1S/C30H26N4O4/c1-18-5-10-22(11-6-18)31-32-27-21(17-38-26-14-9-20(3)15-24(26)27)16-25-28(30(36)37-4)33-34(29(25)35)23-12-7-19(2)8-13-23/h5-17,31H,1-4H3/b25-16-,32-27-. The Kier molecular flexibility index (Phi) is 6.62. The molecule has 4 aromatic rings. The van der Waals surface area contributed by atoms with E-state index >= 15 is 0 Å². The van der Waals surface area contributed by atoms with E-state index < -0.39 is 11.9 Å². The van der Waals surface area contributed by atoms with Crippen LogP contribution in [0.5, 0.6) is 0 Å². The number of ether oxygens (including phenoxy) is 1. The van der Waals surface area contributed by atoms with Gasteiger partial charge in [-0.05, 0) is 63.2 Å². The Bertz CT molecular complexity index is 1680. The molecular formula is C30H26N4O4. The summed E-state index contributed by atoms with van der Waals surface area (Å²) in [6.45, 7) is 5.94. The summed E-state index contributed by atoms with van der Waals surface area (Å²) in [6.07, 6.45) is 3.07. The lowest BCUT2D eigenvalue weighted by molar-refractivity contribution is -0.132. The molecule has 0 aliphatic carbocycles. The van der Waals surface area contributed by atoms with Crippen molar-refractivity contribution in [2.45, 2.75) is 20.8 Å². The molecule has 1 N–H and O–H groups in total. The summed E-state index contributed by atoms with van der Waals surface area (Å²) in [5, 5.41) is 11.5. The van der Waals surface area contributed by atoms with Crippen molar-refractivity contribution in [2.24, 2.45) is 10.2 Å². The number of hydrogen-bond acceptors (Lipinski definition) is 7. The lowest BCUT2D eigenvalue weighted by Gasteiger charge is -2.11. The third-order valence-electron chi connectivity index (χ3n) is 6.16. The summed E-state index contributed by atoms with van der Waals surface area (Å²) in [4.78, 5) is 26.2. The molecule has 0 unspecified atom stereocenters. The Morgan fingerprint density at radius 1 is 0.974 bits per heavy atom. The van der Waals surface area contributed by atoms with Crippen molar-refractivity contribution in [2.75, 3.05) is 17.5 Å². The number of nitrogens with one attached hydrogen (secondary N) is 1. The number of hydrazone groups is 1. The van der Waals surface area contributed by atoms with E-state index in [-0.39, 0.29) is 11.3 Å². The van der Waals surface area contributed by atoms with Crippen molar-refractivity contribution in [1.82, 2.24) is 0 Å². The van der Waals surface area contributed by atoms with E-state index in [0.717, 1.165) is 27.8 Å². The highest BCUT2D eigenvalue weighted by atomic mass is 16.5. The first-order valence-corrected chi connectivity index (χ1v) is 12.0. The maximum Gasteiger partial charge on any atom is 0.359 e. The van der Waals surface area contributed by atoms with Gasteiger partial charge in [-0.25, -0.2) is 4.79 Å². The minimum absolute atomic E-state index is 0.0754. The predicted octanol–water partition coefficient (Wildman–Crippen LogP) is 5.25. The lowest BCUT2D eigenvalue weighted by Crippen LogP contribution is -2.23. The van der Waals surface area contributed by atoms with Crippen molar-refractivity contribution in [1.29, 1.82) is 0 Å². The molecule has 0 bridgehead atoms. The van der Waals surface area contributed by atoms with Crippen LogP contribution in [0.15, 0.2) is 93.2 Å². The molecule has 2 heterocycles. The molecule has 1 aliphatic rings. The number of methoxy groups -OCH3 is 1. The van der Waals surface area contributed by atoms with Crippen LogP contribution in [0.4, 0.5) is 11.4 Å². The first-order valence-electron chi connectivity index (χ1n) is 12.0. The van der Waals surface area contributed by atoms with E-state index in [1.807, 2.05) is 75.4 Å². The zero-order chi connectivity index (χ0) is 26.8. The number of anilines is 2. The third-order valence-corrected chi connectivity index (χ3v) is 6.16. The molecule has 38 heavy (non-hydrogen) atoms. The number of benzene rings is 3. The normalized spacial score (nSPS) is 14.8.